The molecule has 0 aliphatic carbocycles. The number of carbonyl (C=O) groups is 1. The number of hydrogen-bond donors (Lipinski definition) is 2. The van der Waals surface area contributed by atoms with Crippen LogP contribution in [0.2, 0.25) is 0 Å². The summed E-state index contributed by atoms with van der Waals surface area (Å²) in [4.78, 5) is 29.4. The van der Waals surface area contributed by atoms with Gasteiger partial charge in [-0.25, -0.2) is 19.5 Å². The van der Waals surface area contributed by atoms with Gasteiger partial charge in [-0.3, -0.25) is 4.79 Å². The Labute approximate surface area is 246 Å². The maximum atomic E-state index is 12.3. The van der Waals surface area contributed by atoms with Crippen molar-refractivity contribution in [3.05, 3.63) is 97.2 Å². The average molecular weight is 577 g/mol. The number of anilines is 3. The fraction of sp³-hybridized carbons (Fsp3) is 0.129. The highest BCUT2D eigenvalue weighted by Crippen LogP contribution is 2.37. The molecule has 2 N–H and O–H groups in total. The maximum Gasteiger partial charge on any atom is 0.248 e. The van der Waals surface area contributed by atoms with E-state index >= 15 is 0 Å². The molecule has 0 saturated carbocycles. The molecule has 10 nitrogen and oxygen atoms in total. The number of fused-ring (bicyclic) bond motifs is 2. The van der Waals surface area contributed by atoms with Gasteiger partial charge in [-0.2, -0.15) is 5.10 Å². The molecule has 0 atom stereocenters. The number of carbonyl (C=O) groups excluding carboxylic acids is 1. The molecule has 6 rings (SSSR count). The van der Waals surface area contributed by atoms with Crippen LogP contribution in [0.15, 0.2) is 91.7 Å². The molecule has 0 spiro atoms. The highest BCUT2D eigenvalue weighted by Gasteiger charge is 2.12. The Morgan fingerprint density at radius 1 is 1.02 bits per heavy atom. The zero-order chi connectivity index (χ0) is 29.1. The van der Waals surface area contributed by atoms with E-state index in [1.165, 1.54) is 6.33 Å². The van der Waals surface area contributed by atoms with Crippen LogP contribution < -0.4 is 15.4 Å². The third kappa shape index (κ3) is 6.12. The number of nitrogens with one attached hydrogen (secondary N) is 2. The monoisotopic (exact) mass is 576 g/mol. The highest BCUT2D eigenvalue weighted by atomic mass is 32.1. The summed E-state index contributed by atoms with van der Waals surface area (Å²) in [5.74, 6) is 1.98. The highest BCUT2D eigenvalue weighted by molar-refractivity contribution is 7.21. The molecule has 2 aromatic carbocycles. The van der Waals surface area contributed by atoms with Crippen molar-refractivity contribution in [2.75, 3.05) is 31.3 Å². The Balaban J connectivity index is 1.19. The van der Waals surface area contributed by atoms with Gasteiger partial charge < -0.3 is 20.3 Å². The van der Waals surface area contributed by atoms with Crippen molar-refractivity contribution in [2.45, 2.75) is 6.92 Å². The van der Waals surface area contributed by atoms with Crippen molar-refractivity contribution >= 4 is 50.3 Å². The first kappa shape index (κ1) is 27.1. The Morgan fingerprint density at radius 3 is 2.79 bits per heavy atom. The van der Waals surface area contributed by atoms with Crippen LogP contribution in [-0.4, -0.2) is 56.0 Å². The molecule has 0 bridgehead atoms. The molecule has 4 aromatic heterocycles. The lowest BCUT2D eigenvalue weighted by atomic mass is 10.1. The van der Waals surface area contributed by atoms with Crippen molar-refractivity contribution in [1.82, 2.24) is 29.5 Å². The number of ether oxygens (including phenoxy) is 1. The van der Waals surface area contributed by atoms with Gasteiger partial charge in [0, 0.05) is 41.1 Å². The minimum Gasteiger partial charge on any atom is -0.457 e. The first-order valence-corrected chi connectivity index (χ1v) is 14.0. The second-order valence-electron chi connectivity index (χ2n) is 9.92. The summed E-state index contributed by atoms with van der Waals surface area (Å²) >= 11 is 1.57. The first-order valence-electron chi connectivity index (χ1n) is 13.2. The van der Waals surface area contributed by atoms with Gasteiger partial charge in [-0.1, -0.05) is 18.2 Å². The Bertz CT molecular complexity index is 1930. The second kappa shape index (κ2) is 11.8. The number of likely N-dealkylation sites (N-methyl/N-ethyl adjacent to an activating group) is 1. The van der Waals surface area contributed by atoms with Gasteiger partial charge in [-0.15, -0.1) is 11.3 Å². The molecule has 42 heavy (non-hydrogen) atoms. The van der Waals surface area contributed by atoms with Gasteiger partial charge in [0.1, 0.15) is 34.8 Å². The number of nitrogens with zero attached hydrogens (tertiary/aromatic N) is 6. The Kier molecular flexibility index (Phi) is 7.58. The summed E-state index contributed by atoms with van der Waals surface area (Å²) < 4.78 is 7.80. The zero-order valence-corrected chi connectivity index (χ0v) is 24.1. The molecule has 1 amide bonds. The second-order valence-corrected chi connectivity index (χ2v) is 10.9. The molecule has 0 unspecified atom stereocenters. The summed E-state index contributed by atoms with van der Waals surface area (Å²) in [6.07, 6.45) is 8.27. The van der Waals surface area contributed by atoms with E-state index in [1.54, 1.807) is 28.3 Å². The number of aromatic nitrogens is 5. The quantitative estimate of drug-likeness (QED) is 0.193. The number of amides is 1. The molecule has 0 aliphatic rings. The van der Waals surface area contributed by atoms with E-state index in [1.807, 2.05) is 92.8 Å². The van der Waals surface area contributed by atoms with Crippen LogP contribution in [0.3, 0.4) is 0 Å². The predicted molar refractivity (Wildman–Crippen MR) is 167 cm³/mol. The summed E-state index contributed by atoms with van der Waals surface area (Å²) in [6.45, 7) is 2.70. The van der Waals surface area contributed by atoms with E-state index in [0.717, 1.165) is 49.0 Å². The standard InChI is InChI=1S/C31H28N8O2S/c1-20-14-23(9-10-26(20)41-24-11-13-39-28(16-24)32-19-35-39)37-30-25-17-27(42-31(25)34-18-33-30)21-6-4-7-22(15-21)36-29(40)8-5-12-38(2)3/h4-11,13-19H,12H2,1-3H3,(H,36,40)(H,33,34,37)/b8-5+. The van der Waals surface area contributed by atoms with Gasteiger partial charge in [-0.05, 0) is 74.6 Å². The van der Waals surface area contributed by atoms with Gasteiger partial charge in [0.15, 0.2) is 5.65 Å². The van der Waals surface area contributed by atoms with E-state index in [0.29, 0.717) is 18.1 Å². The lowest BCUT2D eigenvalue weighted by molar-refractivity contribution is -0.111. The fourth-order valence-electron chi connectivity index (χ4n) is 4.37. The number of hydrogen-bond acceptors (Lipinski definition) is 9. The van der Waals surface area contributed by atoms with Gasteiger partial charge in [0.2, 0.25) is 5.91 Å². The van der Waals surface area contributed by atoms with E-state index in [9.17, 15) is 4.79 Å². The van der Waals surface area contributed by atoms with Gasteiger partial charge in [0.25, 0.3) is 0 Å². The molecule has 0 saturated heterocycles. The number of aryl methyl sites for hydroxylation is 1. The maximum absolute atomic E-state index is 12.3. The fourth-order valence-corrected chi connectivity index (χ4v) is 5.36. The van der Waals surface area contributed by atoms with Crippen LogP contribution in [-0.2, 0) is 4.79 Å². The van der Waals surface area contributed by atoms with E-state index in [4.69, 9.17) is 4.74 Å². The third-order valence-electron chi connectivity index (χ3n) is 6.40. The molecule has 6 aromatic rings. The molecule has 0 radical (unpaired) electrons. The van der Waals surface area contributed by atoms with Crippen LogP contribution in [0.1, 0.15) is 5.56 Å². The van der Waals surface area contributed by atoms with Crippen molar-refractivity contribution < 1.29 is 9.53 Å². The molecule has 210 valence electrons. The van der Waals surface area contributed by atoms with Crippen molar-refractivity contribution in [2.24, 2.45) is 0 Å². The van der Waals surface area contributed by atoms with Crippen LogP contribution in [0.5, 0.6) is 11.5 Å². The Morgan fingerprint density at radius 2 is 1.93 bits per heavy atom. The lowest BCUT2D eigenvalue weighted by Crippen LogP contribution is -2.12. The molecule has 4 heterocycles. The third-order valence-corrected chi connectivity index (χ3v) is 7.49. The van der Waals surface area contributed by atoms with Crippen molar-refractivity contribution in [3.63, 3.8) is 0 Å². The smallest absolute Gasteiger partial charge is 0.248 e. The summed E-state index contributed by atoms with van der Waals surface area (Å²) in [5, 5.41) is 11.4. The van der Waals surface area contributed by atoms with E-state index < -0.39 is 0 Å². The molecular formula is C31H28N8O2S. The topological polar surface area (TPSA) is 110 Å². The number of benzene rings is 2. The number of rotatable bonds is 9. The molecular weight excluding hydrogens is 548 g/mol. The summed E-state index contributed by atoms with van der Waals surface area (Å²) in [5.41, 5.74) is 4.28. The first-order chi connectivity index (χ1) is 20.4. The van der Waals surface area contributed by atoms with Crippen LogP contribution in [0.4, 0.5) is 17.2 Å². The van der Waals surface area contributed by atoms with Gasteiger partial charge in [0.05, 0.1) is 5.39 Å². The number of thiophene rings is 1. The SMILES string of the molecule is Cc1cc(Nc2ncnc3sc(-c4cccc(NC(=O)/C=C/CN(C)C)c4)cc23)ccc1Oc1ccn2ncnc2c1. The number of pyridine rings is 1. The summed E-state index contributed by atoms with van der Waals surface area (Å²) in [7, 11) is 3.91. The van der Waals surface area contributed by atoms with Crippen molar-refractivity contribution in [3.8, 4) is 21.9 Å². The van der Waals surface area contributed by atoms with Crippen LogP contribution in [0.25, 0.3) is 26.3 Å². The largest absolute Gasteiger partial charge is 0.457 e. The van der Waals surface area contributed by atoms with Crippen molar-refractivity contribution in [1.29, 1.82) is 0 Å². The van der Waals surface area contributed by atoms with Crippen LogP contribution >= 0.6 is 11.3 Å². The van der Waals surface area contributed by atoms with Crippen LogP contribution in [0, 0.1) is 6.92 Å². The van der Waals surface area contributed by atoms with Gasteiger partial charge >= 0.3 is 0 Å². The average Bonchev–Trinajstić information content (AvgIpc) is 3.62. The molecule has 0 aliphatic heterocycles. The normalized spacial score (nSPS) is 11.5. The Hall–Kier alpha value is -5.13. The van der Waals surface area contributed by atoms with E-state index in [2.05, 4.69) is 36.8 Å². The lowest BCUT2D eigenvalue weighted by Gasteiger charge is -2.12. The molecule has 0 fully saturated rings. The van der Waals surface area contributed by atoms with E-state index in [-0.39, 0.29) is 5.91 Å². The minimum atomic E-state index is -0.161. The minimum absolute atomic E-state index is 0.161. The summed E-state index contributed by atoms with van der Waals surface area (Å²) in [6, 6.07) is 19.5. The zero-order valence-electron chi connectivity index (χ0n) is 23.3. The molecule has 11 heteroatoms. The predicted octanol–water partition coefficient (Wildman–Crippen LogP) is 6.30.